The molecule has 3 nitrogen and oxygen atoms in total. The molecule has 0 atom stereocenters. The number of ether oxygens (including phenoxy) is 1. The van der Waals surface area contributed by atoms with Gasteiger partial charge in [-0.2, -0.15) is 8.78 Å². The predicted octanol–water partition coefficient (Wildman–Crippen LogP) is 2.68. The van der Waals surface area contributed by atoms with E-state index in [-0.39, 0.29) is 17.2 Å². The van der Waals surface area contributed by atoms with Crippen molar-refractivity contribution in [3.8, 4) is 5.75 Å². The first-order chi connectivity index (χ1) is 6.93. The van der Waals surface area contributed by atoms with Gasteiger partial charge in [-0.05, 0) is 41.6 Å². The third-order valence-corrected chi connectivity index (χ3v) is 2.90. The van der Waals surface area contributed by atoms with Gasteiger partial charge in [0.2, 0.25) is 0 Å². The van der Waals surface area contributed by atoms with Gasteiger partial charge < -0.3 is 10.5 Å². The number of carbonyl (C=O) groups excluding carboxylic acids is 1. The topological polar surface area (TPSA) is 52.3 Å². The quantitative estimate of drug-likeness (QED) is 0.528. The number of nitrogens with two attached hydrogens (primary N) is 1. The van der Waals surface area contributed by atoms with E-state index in [0.717, 1.165) is 0 Å². The third-order valence-electron chi connectivity index (χ3n) is 1.74. The molecular weight excluding hydrogens is 319 g/mol. The van der Waals surface area contributed by atoms with Crippen LogP contribution in [0.4, 0.5) is 14.5 Å². The average Bonchev–Trinajstić information content (AvgIpc) is 2.12. The normalized spacial score (nSPS) is 10.5. The highest BCUT2D eigenvalue weighted by atomic mass is 127. The Hall–Kier alpha value is -0.920. The van der Waals surface area contributed by atoms with Crippen LogP contribution in [0.15, 0.2) is 12.1 Å². The van der Waals surface area contributed by atoms with Gasteiger partial charge in [0.05, 0.1) is 9.26 Å². The highest BCUT2D eigenvalue weighted by Gasteiger charge is 2.14. The number of anilines is 1. The van der Waals surface area contributed by atoms with Crippen molar-refractivity contribution in [2.75, 3.05) is 5.73 Å². The van der Waals surface area contributed by atoms with E-state index in [1.54, 1.807) is 0 Å². The fourth-order valence-electron chi connectivity index (χ4n) is 1.05. The molecule has 0 aliphatic heterocycles. The minimum Gasteiger partial charge on any atom is -0.433 e. The lowest BCUT2D eigenvalue weighted by atomic mass is 10.1. The van der Waals surface area contributed by atoms with Gasteiger partial charge in [-0.15, -0.1) is 0 Å². The molecular formula is C9H8F2INO2. The second kappa shape index (κ2) is 4.73. The molecule has 0 aromatic heterocycles. The lowest BCUT2D eigenvalue weighted by Crippen LogP contribution is -2.07. The summed E-state index contributed by atoms with van der Waals surface area (Å²) >= 11 is 1.82. The van der Waals surface area contributed by atoms with E-state index in [1.807, 2.05) is 22.6 Å². The van der Waals surface area contributed by atoms with Crippen molar-refractivity contribution in [1.82, 2.24) is 0 Å². The Morgan fingerprint density at radius 2 is 2.13 bits per heavy atom. The number of ketones is 1. The zero-order valence-electron chi connectivity index (χ0n) is 7.76. The first-order valence-electron chi connectivity index (χ1n) is 3.97. The largest absolute Gasteiger partial charge is 0.433 e. The van der Waals surface area contributed by atoms with Crippen LogP contribution in [-0.4, -0.2) is 12.4 Å². The lowest BCUT2D eigenvalue weighted by molar-refractivity contribution is -0.0493. The van der Waals surface area contributed by atoms with Gasteiger partial charge in [0.15, 0.2) is 5.78 Å². The molecule has 15 heavy (non-hydrogen) atoms. The van der Waals surface area contributed by atoms with Crippen LogP contribution in [0, 0.1) is 3.57 Å². The van der Waals surface area contributed by atoms with Crippen molar-refractivity contribution in [3.05, 3.63) is 21.3 Å². The fourth-order valence-corrected chi connectivity index (χ4v) is 1.87. The molecule has 0 saturated carbocycles. The van der Waals surface area contributed by atoms with Gasteiger partial charge in [-0.3, -0.25) is 4.79 Å². The molecule has 0 spiro atoms. The van der Waals surface area contributed by atoms with Gasteiger partial charge in [-0.25, -0.2) is 0 Å². The zero-order valence-corrected chi connectivity index (χ0v) is 9.92. The molecule has 6 heteroatoms. The van der Waals surface area contributed by atoms with Crippen LogP contribution >= 0.6 is 22.6 Å². The molecule has 1 aromatic rings. The SMILES string of the molecule is CC(=O)c1ccc(OC(F)F)c(N)c1I. The minimum atomic E-state index is -2.92. The Morgan fingerprint density at radius 3 is 2.60 bits per heavy atom. The summed E-state index contributed by atoms with van der Waals surface area (Å²) in [5.74, 6) is -0.283. The summed E-state index contributed by atoms with van der Waals surface area (Å²) < 4.78 is 28.5. The molecule has 0 fully saturated rings. The maximum atomic E-state index is 11.9. The number of halogens is 3. The van der Waals surface area contributed by atoms with E-state index in [1.165, 1.54) is 19.1 Å². The maximum absolute atomic E-state index is 11.9. The molecule has 0 unspecified atom stereocenters. The van der Waals surface area contributed by atoms with E-state index in [9.17, 15) is 13.6 Å². The van der Waals surface area contributed by atoms with Crippen molar-refractivity contribution in [1.29, 1.82) is 0 Å². The number of hydrogen-bond acceptors (Lipinski definition) is 3. The molecule has 0 heterocycles. The van der Waals surface area contributed by atoms with E-state index < -0.39 is 6.61 Å². The molecule has 0 radical (unpaired) electrons. The number of hydrogen-bond donors (Lipinski definition) is 1. The summed E-state index contributed by atoms with van der Waals surface area (Å²) in [7, 11) is 0. The van der Waals surface area contributed by atoms with Crippen LogP contribution < -0.4 is 10.5 Å². The van der Waals surface area contributed by atoms with Crippen LogP contribution in [0.2, 0.25) is 0 Å². The van der Waals surface area contributed by atoms with Crippen molar-refractivity contribution in [2.24, 2.45) is 0 Å². The standard InChI is InChI=1S/C9H8F2INO2/c1-4(14)5-2-3-6(15-9(10)11)8(13)7(5)12/h2-3,9H,13H2,1H3. The molecule has 1 aromatic carbocycles. The third kappa shape index (κ3) is 2.77. The highest BCUT2D eigenvalue weighted by molar-refractivity contribution is 14.1. The number of Topliss-reactive ketones (excluding diaryl/α,β-unsaturated/α-hetero) is 1. The maximum Gasteiger partial charge on any atom is 0.387 e. The molecule has 0 aliphatic rings. The van der Waals surface area contributed by atoms with E-state index in [2.05, 4.69) is 4.74 Å². The number of rotatable bonds is 3. The van der Waals surface area contributed by atoms with Crippen molar-refractivity contribution < 1.29 is 18.3 Å². The van der Waals surface area contributed by atoms with Crippen LogP contribution in [0.3, 0.4) is 0 Å². The zero-order chi connectivity index (χ0) is 11.6. The van der Waals surface area contributed by atoms with Crippen LogP contribution in [0.25, 0.3) is 0 Å². The van der Waals surface area contributed by atoms with Gasteiger partial charge in [-0.1, -0.05) is 0 Å². The number of alkyl halides is 2. The van der Waals surface area contributed by atoms with Gasteiger partial charge >= 0.3 is 6.61 Å². The fraction of sp³-hybridized carbons (Fsp3) is 0.222. The number of benzene rings is 1. The lowest BCUT2D eigenvalue weighted by Gasteiger charge is -2.10. The molecule has 0 saturated heterocycles. The summed E-state index contributed by atoms with van der Waals surface area (Å²) in [6, 6.07) is 2.68. The second-order valence-corrected chi connectivity index (χ2v) is 3.85. The summed E-state index contributed by atoms with van der Waals surface area (Å²) in [5, 5.41) is 0. The number of nitrogen functional groups attached to an aromatic ring is 1. The first-order valence-corrected chi connectivity index (χ1v) is 5.05. The van der Waals surface area contributed by atoms with Gasteiger partial charge in [0.1, 0.15) is 5.75 Å². The highest BCUT2D eigenvalue weighted by Crippen LogP contribution is 2.30. The smallest absolute Gasteiger partial charge is 0.387 e. The Labute approximate surface area is 98.7 Å². The predicted molar refractivity (Wildman–Crippen MR) is 60.2 cm³/mol. The van der Waals surface area contributed by atoms with Crippen molar-refractivity contribution in [3.63, 3.8) is 0 Å². The molecule has 1 rings (SSSR count). The Balaban J connectivity index is 3.15. The molecule has 2 N–H and O–H groups in total. The average molecular weight is 327 g/mol. The van der Waals surface area contributed by atoms with Crippen molar-refractivity contribution in [2.45, 2.75) is 13.5 Å². The van der Waals surface area contributed by atoms with E-state index in [4.69, 9.17) is 5.73 Å². The van der Waals surface area contributed by atoms with Crippen molar-refractivity contribution >= 4 is 34.1 Å². The minimum absolute atomic E-state index is 0.0589. The Kier molecular flexibility index (Phi) is 3.83. The molecule has 0 amide bonds. The molecule has 0 bridgehead atoms. The van der Waals surface area contributed by atoms with Crippen LogP contribution in [-0.2, 0) is 0 Å². The van der Waals surface area contributed by atoms with Gasteiger partial charge in [0.25, 0.3) is 0 Å². The molecule has 0 aliphatic carbocycles. The van der Waals surface area contributed by atoms with E-state index >= 15 is 0 Å². The summed E-state index contributed by atoms with van der Waals surface area (Å²) in [4.78, 5) is 11.1. The summed E-state index contributed by atoms with van der Waals surface area (Å²) in [6.45, 7) is -1.55. The Morgan fingerprint density at radius 1 is 1.53 bits per heavy atom. The van der Waals surface area contributed by atoms with E-state index in [0.29, 0.717) is 9.13 Å². The van der Waals surface area contributed by atoms with Crippen LogP contribution in [0.1, 0.15) is 17.3 Å². The Bertz CT molecular complexity index is 396. The second-order valence-electron chi connectivity index (χ2n) is 2.77. The summed E-state index contributed by atoms with van der Waals surface area (Å²) in [5.41, 5.74) is 6.01. The molecule has 82 valence electrons. The monoisotopic (exact) mass is 327 g/mol. The van der Waals surface area contributed by atoms with Gasteiger partial charge in [0, 0.05) is 5.56 Å². The summed E-state index contributed by atoms with van der Waals surface area (Å²) in [6.07, 6.45) is 0. The van der Waals surface area contributed by atoms with Crippen LogP contribution in [0.5, 0.6) is 5.75 Å². The number of carbonyl (C=O) groups is 1. The first kappa shape index (κ1) is 12.2.